The molecule has 0 saturated heterocycles. The van der Waals surface area contributed by atoms with Crippen molar-refractivity contribution in [2.24, 2.45) is 11.8 Å². The number of nitrogens with zero attached hydrogens (tertiary/aromatic N) is 2. The van der Waals surface area contributed by atoms with Gasteiger partial charge in [-0.05, 0) is 50.4 Å². The van der Waals surface area contributed by atoms with Gasteiger partial charge in [0.25, 0.3) is 0 Å². The van der Waals surface area contributed by atoms with Crippen molar-refractivity contribution in [3.8, 4) is 0 Å². The summed E-state index contributed by atoms with van der Waals surface area (Å²) in [6.45, 7) is 0. The van der Waals surface area contributed by atoms with Crippen molar-refractivity contribution in [3.05, 3.63) is 17.0 Å². The Morgan fingerprint density at radius 3 is 2.72 bits per heavy atom. The Balaban J connectivity index is 1.40. The van der Waals surface area contributed by atoms with Crippen molar-refractivity contribution in [1.29, 1.82) is 0 Å². The van der Waals surface area contributed by atoms with Gasteiger partial charge in [-0.3, -0.25) is 4.79 Å². The fraction of sp³-hybridized carbons (Fsp3) is 0.706. The van der Waals surface area contributed by atoms with E-state index in [0.29, 0.717) is 30.9 Å². The lowest BCUT2D eigenvalue weighted by Crippen LogP contribution is -2.39. The molecule has 1 heterocycles. The number of alkyl halides is 3. The van der Waals surface area contributed by atoms with Crippen LogP contribution >= 0.6 is 11.8 Å². The van der Waals surface area contributed by atoms with E-state index < -0.39 is 11.9 Å². The number of hydrogen-bond donors (Lipinski definition) is 1. The SMILES string of the molecule is O=C(CSc1nc2c(c(C(F)(F)F)n1)CCC2)NC1CC2CCC1C2. The highest BCUT2D eigenvalue weighted by molar-refractivity contribution is 7.99. The van der Waals surface area contributed by atoms with Crippen LogP contribution in [0.2, 0.25) is 0 Å². The molecule has 1 N–H and O–H groups in total. The zero-order chi connectivity index (χ0) is 17.6. The third kappa shape index (κ3) is 3.50. The minimum atomic E-state index is -4.47. The average molecular weight is 371 g/mol. The Morgan fingerprint density at radius 1 is 1.20 bits per heavy atom. The molecule has 3 aliphatic carbocycles. The highest BCUT2D eigenvalue weighted by atomic mass is 32.2. The summed E-state index contributed by atoms with van der Waals surface area (Å²) in [6.07, 6.45) is 1.78. The number of aromatic nitrogens is 2. The Hall–Kier alpha value is -1.31. The Kier molecular flexibility index (Phi) is 4.42. The molecule has 3 aliphatic rings. The second-order valence-electron chi connectivity index (χ2n) is 7.27. The van der Waals surface area contributed by atoms with E-state index in [1.807, 2.05) is 0 Å². The van der Waals surface area contributed by atoms with Gasteiger partial charge in [-0.15, -0.1) is 0 Å². The molecule has 1 aromatic heterocycles. The van der Waals surface area contributed by atoms with Gasteiger partial charge >= 0.3 is 6.18 Å². The Bertz CT molecular complexity index is 694. The topological polar surface area (TPSA) is 54.9 Å². The standard InChI is InChI=1S/C17H20F3N3OS/c18-17(19,20)15-11-2-1-3-12(11)22-16(23-15)25-8-14(24)21-13-7-9-4-5-10(13)6-9/h9-10,13H,1-8H2,(H,21,24). The summed E-state index contributed by atoms with van der Waals surface area (Å²) in [5, 5.41) is 3.09. The molecular weight excluding hydrogens is 351 g/mol. The summed E-state index contributed by atoms with van der Waals surface area (Å²) >= 11 is 0.994. The smallest absolute Gasteiger partial charge is 0.352 e. The van der Waals surface area contributed by atoms with Gasteiger partial charge in [0.2, 0.25) is 5.91 Å². The normalized spacial score (nSPS) is 27.6. The van der Waals surface area contributed by atoms with Gasteiger partial charge in [-0.2, -0.15) is 13.2 Å². The van der Waals surface area contributed by atoms with Crippen molar-refractivity contribution in [2.75, 3.05) is 5.75 Å². The monoisotopic (exact) mass is 371 g/mol. The van der Waals surface area contributed by atoms with Crippen molar-refractivity contribution < 1.29 is 18.0 Å². The summed E-state index contributed by atoms with van der Waals surface area (Å²) in [4.78, 5) is 20.1. The van der Waals surface area contributed by atoms with E-state index >= 15 is 0 Å². The number of thioether (sulfide) groups is 1. The Morgan fingerprint density at radius 2 is 2.04 bits per heavy atom. The first-order chi connectivity index (χ1) is 11.9. The predicted octanol–water partition coefficient (Wildman–Crippen LogP) is 3.38. The number of amides is 1. The van der Waals surface area contributed by atoms with Gasteiger partial charge < -0.3 is 5.32 Å². The number of halogens is 3. The van der Waals surface area contributed by atoms with E-state index in [1.54, 1.807) is 0 Å². The second-order valence-corrected chi connectivity index (χ2v) is 8.21. The molecule has 2 bridgehead atoms. The highest BCUT2D eigenvalue weighted by Gasteiger charge is 2.40. The number of hydrogen-bond acceptors (Lipinski definition) is 4. The summed E-state index contributed by atoms with van der Waals surface area (Å²) < 4.78 is 39.6. The lowest BCUT2D eigenvalue weighted by atomic mass is 9.95. The fourth-order valence-electron chi connectivity index (χ4n) is 4.51. The van der Waals surface area contributed by atoms with Crippen LogP contribution in [0.5, 0.6) is 0 Å². The van der Waals surface area contributed by atoms with Gasteiger partial charge in [0.05, 0.1) is 5.75 Å². The molecular formula is C17H20F3N3OS. The quantitative estimate of drug-likeness (QED) is 0.651. The maximum Gasteiger partial charge on any atom is 0.433 e. The lowest BCUT2D eigenvalue weighted by molar-refractivity contribution is -0.142. The average Bonchev–Trinajstić information content (AvgIpc) is 3.27. The van der Waals surface area contributed by atoms with Crippen LogP contribution in [0.4, 0.5) is 13.2 Å². The van der Waals surface area contributed by atoms with E-state index in [2.05, 4.69) is 15.3 Å². The minimum absolute atomic E-state index is 0.0519. The molecule has 0 radical (unpaired) electrons. The van der Waals surface area contributed by atoms with Crippen molar-refractivity contribution in [3.63, 3.8) is 0 Å². The first kappa shape index (κ1) is 17.1. The molecule has 1 aromatic rings. The first-order valence-electron chi connectivity index (χ1n) is 8.79. The van der Waals surface area contributed by atoms with E-state index in [0.717, 1.165) is 24.1 Å². The van der Waals surface area contributed by atoms with Gasteiger partial charge in [0, 0.05) is 17.3 Å². The van der Waals surface area contributed by atoms with Crippen molar-refractivity contribution >= 4 is 17.7 Å². The molecule has 0 aromatic carbocycles. The first-order valence-corrected chi connectivity index (χ1v) is 9.78. The molecule has 2 saturated carbocycles. The summed E-state index contributed by atoms with van der Waals surface area (Å²) in [7, 11) is 0. The zero-order valence-electron chi connectivity index (χ0n) is 13.7. The molecule has 2 fully saturated rings. The highest BCUT2D eigenvalue weighted by Crippen LogP contribution is 2.44. The molecule has 0 aliphatic heterocycles. The number of aryl methyl sites for hydroxylation is 1. The van der Waals surface area contributed by atoms with Gasteiger partial charge in [0.1, 0.15) is 0 Å². The van der Waals surface area contributed by atoms with E-state index in [1.165, 1.54) is 19.3 Å². The number of nitrogens with one attached hydrogen (secondary N) is 1. The fourth-order valence-corrected chi connectivity index (χ4v) is 5.18. The molecule has 3 atom stereocenters. The number of fused-ring (bicyclic) bond motifs is 3. The number of rotatable bonds is 4. The molecule has 136 valence electrons. The molecule has 8 heteroatoms. The Labute approximate surface area is 148 Å². The van der Waals surface area contributed by atoms with E-state index in [4.69, 9.17) is 0 Å². The summed E-state index contributed by atoms with van der Waals surface area (Å²) in [6, 6.07) is 0.235. The molecule has 1 amide bonds. The minimum Gasteiger partial charge on any atom is -0.352 e. The second kappa shape index (κ2) is 6.45. The van der Waals surface area contributed by atoms with Crippen LogP contribution in [0.1, 0.15) is 49.1 Å². The molecule has 0 spiro atoms. The summed E-state index contributed by atoms with van der Waals surface area (Å²) in [5.74, 6) is 1.23. The van der Waals surface area contributed by atoms with Crippen molar-refractivity contribution in [2.45, 2.75) is 62.3 Å². The molecule has 4 rings (SSSR count). The van der Waals surface area contributed by atoms with Crippen LogP contribution in [0.15, 0.2) is 5.16 Å². The van der Waals surface area contributed by atoms with Crippen LogP contribution in [-0.2, 0) is 23.8 Å². The molecule has 3 unspecified atom stereocenters. The molecule has 25 heavy (non-hydrogen) atoms. The number of carbonyl (C=O) groups excluding carboxylic acids is 1. The lowest BCUT2D eigenvalue weighted by Gasteiger charge is -2.22. The maximum atomic E-state index is 13.2. The summed E-state index contributed by atoms with van der Waals surface area (Å²) in [5.41, 5.74) is -0.118. The van der Waals surface area contributed by atoms with E-state index in [-0.39, 0.29) is 28.4 Å². The van der Waals surface area contributed by atoms with Crippen molar-refractivity contribution in [1.82, 2.24) is 15.3 Å². The van der Waals surface area contributed by atoms with Crippen LogP contribution in [0.3, 0.4) is 0 Å². The van der Waals surface area contributed by atoms with E-state index in [9.17, 15) is 18.0 Å². The van der Waals surface area contributed by atoms with Crippen LogP contribution in [-0.4, -0.2) is 27.7 Å². The largest absolute Gasteiger partial charge is 0.433 e. The van der Waals surface area contributed by atoms with Crippen LogP contribution in [0.25, 0.3) is 0 Å². The molecule has 4 nitrogen and oxygen atoms in total. The van der Waals surface area contributed by atoms with Crippen LogP contribution < -0.4 is 5.32 Å². The third-order valence-electron chi connectivity index (χ3n) is 5.60. The van der Waals surface area contributed by atoms with Gasteiger partial charge in [0.15, 0.2) is 10.9 Å². The predicted molar refractivity (Wildman–Crippen MR) is 87.2 cm³/mol. The van der Waals surface area contributed by atoms with Gasteiger partial charge in [-0.1, -0.05) is 18.2 Å². The third-order valence-corrected chi connectivity index (χ3v) is 6.45. The zero-order valence-corrected chi connectivity index (χ0v) is 14.6. The maximum absolute atomic E-state index is 13.2. The van der Waals surface area contributed by atoms with Crippen LogP contribution in [0, 0.1) is 11.8 Å². The number of carbonyl (C=O) groups is 1. The van der Waals surface area contributed by atoms with Gasteiger partial charge in [-0.25, -0.2) is 9.97 Å².